The standard InChI is InChI=1S/C23H29N3O2/c1-26(15-12-25(13-16-26)20-6-3-2-4-7-20)14-5-17-28-21-10-8-19-9-11-23(27)24-22(19)18-21/h2-4,6-8,10,18H,5,9,11-17H2,1H3/p+1. The maximum Gasteiger partial charge on any atom is 0.224 e. The summed E-state index contributed by atoms with van der Waals surface area (Å²) in [5.74, 6) is 0.939. The minimum atomic E-state index is 0.0942. The van der Waals surface area contributed by atoms with Crippen molar-refractivity contribution in [2.75, 3.05) is 56.6 Å². The monoisotopic (exact) mass is 380 g/mol. The Balaban J connectivity index is 1.22. The fourth-order valence-corrected chi connectivity index (χ4v) is 4.15. The van der Waals surface area contributed by atoms with Gasteiger partial charge < -0.3 is 19.4 Å². The minimum absolute atomic E-state index is 0.0942. The number of hydrogen-bond donors (Lipinski definition) is 1. The van der Waals surface area contributed by atoms with E-state index >= 15 is 0 Å². The van der Waals surface area contributed by atoms with Crippen LogP contribution in [-0.2, 0) is 11.2 Å². The second-order valence-electron chi connectivity index (χ2n) is 8.18. The van der Waals surface area contributed by atoms with Gasteiger partial charge in [0.15, 0.2) is 0 Å². The Morgan fingerprint density at radius 1 is 1.07 bits per heavy atom. The molecule has 2 aliphatic heterocycles. The highest BCUT2D eigenvalue weighted by Gasteiger charge is 2.28. The molecule has 148 valence electrons. The van der Waals surface area contributed by atoms with Crippen LogP contribution in [0.2, 0.25) is 0 Å². The smallest absolute Gasteiger partial charge is 0.224 e. The van der Waals surface area contributed by atoms with Gasteiger partial charge in [0.05, 0.1) is 46.4 Å². The molecule has 2 aliphatic rings. The van der Waals surface area contributed by atoms with Crippen LogP contribution < -0.4 is 15.0 Å². The van der Waals surface area contributed by atoms with Crippen LogP contribution in [0.1, 0.15) is 18.4 Å². The lowest BCUT2D eigenvalue weighted by Gasteiger charge is -2.43. The molecule has 28 heavy (non-hydrogen) atoms. The molecule has 2 aromatic rings. The van der Waals surface area contributed by atoms with E-state index in [0.29, 0.717) is 13.0 Å². The molecule has 1 fully saturated rings. The lowest BCUT2D eigenvalue weighted by Crippen LogP contribution is -2.57. The number of nitrogens with zero attached hydrogens (tertiary/aromatic N) is 2. The average Bonchev–Trinajstić information content (AvgIpc) is 2.72. The van der Waals surface area contributed by atoms with Crippen molar-refractivity contribution in [1.29, 1.82) is 0 Å². The Morgan fingerprint density at radius 3 is 2.64 bits per heavy atom. The lowest BCUT2D eigenvalue weighted by molar-refractivity contribution is -0.910. The third kappa shape index (κ3) is 4.47. The Labute approximate surface area is 167 Å². The molecule has 0 saturated carbocycles. The molecular weight excluding hydrogens is 350 g/mol. The number of rotatable bonds is 6. The number of ether oxygens (including phenoxy) is 1. The molecule has 0 atom stereocenters. The number of likely N-dealkylation sites (N-methyl/N-ethyl adjacent to an activating group) is 1. The first-order valence-corrected chi connectivity index (χ1v) is 10.3. The normalized spacial score (nSPS) is 18.3. The van der Waals surface area contributed by atoms with Gasteiger partial charge in [-0.05, 0) is 30.2 Å². The number of carbonyl (C=O) groups is 1. The quantitative estimate of drug-likeness (QED) is 0.618. The van der Waals surface area contributed by atoms with Gasteiger partial charge in [0, 0.05) is 30.3 Å². The van der Waals surface area contributed by atoms with Crippen molar-refractivity contribution in [2.45, 2.75) is 19.3 Å². The van der Waals surface area contributed by atoms with Crippen molar-refractivity contribution in [3.05, 3.63) is 54.1 Å². The molecular formula is C23H30N3O2+. The molecule has 1 N–H and O–H groups in total. The van der Waals surface area contributed by atoms with Crippen molar-refractivity contribution in [1.82, 2.24) is 0 Å². The molecule has 0 spiro atoms. The van der Waals surface area contributed by atoms with Gasteiger partial charge in [0.25, 0.3) is 0 Å². The van der Waals surface area contributed by atoms with Gasteiger partial charge in [-0.15, -0.1) is 0 Å². The summed E-state index contributed by atoms with van der Waals surface area (Å²) in [6, 6.07) is 16.7. The molecule has 1 amide bonds. The summed E-state index contributed by atoms with van der Waals surface area (Å²) in [7, 11) is 2.36. The van der Waals surface area contributed by atoms with E-state index in [1.54, 1.807) is 0 Å². The fourth-order valence-electron chi connectivity index (χ4n) is 4.15. The second kappa shape index (κ2) is 8.23. The van der Waals surface area contributed by atoms with E-state index in [4.69, 9.17) is 4.74 Å². The molecule has 5 nitrogen and oxygen atoms in total. The predicted octanol–water partition coefficient (Wildman–Crippen LogP) is 3.31. The van der Waals surface area contributed by atoms with Crippen molar-refractivity contribution >= 4 is 17.3 Å². The fraction of sp³-hybridized carbons (Fsp3) is 0.435. The molecule has 0 unspecified atom stereocenters. The van der Waals surface area contributed by atoms with Crippen molar-refractivity contribution < 1.29 is 14.0 Å². The number of hydrogen-bond acceptors (Lipinski definition) is 3. The van der Waals surface area contributed by atoms with E-state index in [1.807, 2.05) is 12.1 Å². The third-order valence-corrected chi connectivity index (χ3v) is 6.03. The largest absolute Gasteiger partial charge is 0.493 e. The lowest BCUT2D eigenvalue weighted by atomic mass is 10.0. The van der Waals surface area contributed by atoms with Crippen LogP contribution in [0.4, 0.5) is 11.4 Å². The van der Waals surface area contributed by atoms with Gasteiger partial charge in [-0.1, -0.05) is 24.3 Å². The summed E-state index contributed by atoms with van der Waals surface area (Å²) in [5, 5.41) is 2.94. The number of quaternary nitrogens is 1. The average molecular weight is 381 g/mol. The van der Waals surface area contributed by atoms with Crippen LogP contribution in [0, 0.1) is 0 Å². The van der Waals surface area contributed by atoms with E-state index in [0.717, 1.165) is 48.4 Å². The number of piperazine rings is 1. The zero-order valence-corrected chi connectivity index (χ0v) is 16.7. The number of benzene rings is 2. The van der Waals surface area contributed by atoms with Gasteiger partial charge in [0.2, 0.25) is 5.91 Å². The van der Waals surface area contributed by atoms with E-state index < -0.39 is 0 Å². The number of carbonyl (C=O) groups excluding carboxylic acids is 1. The maximum atomic E-state index is 11.6. The number of anilines is 2. The SMILES string of the molecule is C[N+]1(CCCOc2ccc3c(c2)NC(=O)CC3)CCN(c2ccccc2)CC1. The Kier molecular flexibility index (Phi) is 5.53. The number of fused-ring (bicyclic) bond motifs is 1. The maximum absolute atomic E-state index is 11.6. The highest BCUT2D eigenvalue weighted by molar-refractivity contribution is 5.94. The summed E-state index contributed by atoms with van der Waals surface area (Å²) in [6.45, 7) is 6.38. The van der Waals surface area contributed by atoms with Gasteiger partial charge >= 0.3 is 0 Å². The number of para-hydroxylation sites is 1. The van der Waals surface area contributed by atoms with Gasteiger partial charge in [-0.2, -0.15) is 0 Å². The molecule has 5 heteroatoms. The van der Waals surface area contributed by atoms with Crippen molar-refractivity contribution in [3.63, 3.8) is 0 Å². The second-order valence-corrected chi connectivity index (χ2v) is 8.18. The van der Waals surface area contributed by atoms with Crippen molar-refractivity contribution in [3.8, 4) is 5.75 Å². The van der Waals surface area contributed by atoms with E-state index in [2.05, 4.69) is 53.7 Å². The van der Waals surface area contributed by atoms with Crippen molar-refractivity contribution in [2.24, 2.45) is 0 Å². The third-order valence-electron chi connectivity index (χ3n) is 6.03. The van der Waals surface area contributed by atoms with Gasteiger partial charge in [-0.25, -0.2) is 0 Å². The number of aryl methyl sites for hydroxylation is 1. The van der Waals surface area contributed by atoms with E-state index in [-0.39, 0.29) is 5.91 Å². The summed E-state index contributed by atoms with van der Waals surface area (Å²) in [5.41, 5.74) is 3.43. The molecule has 4 rings (SSSR count). The Hall–Kier alpha value is -2.53. The van der Waals surface area contributed by atoms with Crippen LogP contribution >= 0.6 is 0 Å². The minimum Gasteiger partial charge on any atom is -0.493 e. The number of amides is 1. The Morgan fingerprint density at radius 2 is 1.86 bits per heavy atom. The molecule has 0 aliphatic carbocycles. The Bertz CT molecular complexity index is 814. The number of nitrogens with one attached hydrogen (secondary N) is 1. The van der Waals surface area contributed by atoms with E-state index in [1.165, 1.54) is 24.3 Å². The molecule has 2 aromatic carbocycles. The van der Waals surface area contributed by atoms with Crippen LogP contribution in [0.15, 0.2) is 48.5 Å². The molecule has 0 bridgehead atoms. The highest BCUT2D eigenvalue weighted by Crippen LogP contribution is 2.27. The summed E-state index contributed by atoms with van der Waals surface area (Å²) >= 11 is 0. The molecule has 2 heterocycles. The summed E-state index contributed by atoms with van der Waals surface area (Å²) in [6.07, 6.45) is 2.42. The molecule has 1 saturated heterocycles. The van der Waals surface area contributed by atoms with Gasteiger partial charge in [0.1, 0.15) is 5.75 Å². The van der Waals surface area contributed by atoms with E-state index in [9.17, 15) is 4.79 Å². The summed E-state index contributed by atoms with van der Waals surface area (Å²) < 4.78 is 7.07. The van der Waals surface area contributed by atoms with Gasteiger partial charge in [-0.3, -0.25) is 4.79 Å². The summed E-state index contributed by atoms with van der Waals surface area (Å²) in [4.78, 5) is 14.0. The molecule has 0 aromatic heterocycles. The molecule has 0 radical (unpaired) electrons. The zero-order valence-electron chi connectivity index (χ0n) is 16.7. The predicted molar refractivity (Wildman–Crippen MR) is 113 cm³/mol. The van der Waals surface area contributed by atoms with Crippen LogP contribution in [0.25, 0.3) is 0 Å². The van der Waals surface area contributed by atoms with Crippen LogP contribution in [0.5, 0.6) is 5.75 Å². The zero-order chi connectivity index (χ0) is 19.4. The first-order valence-electron chi connectivity index (χ1n) is 10.3. The topological polar surface area (TPSA) is 41.6 Å². The highest BCUT2D eigenvalue weighted by atomic mass is 16.5. The first-order chi connectivity index (χ1) is 13.6. The first kappa shape index (κ1) is 18.8. The van der Waals surface area contributed by atoms with Crippen LogP contribution in [0.3, 0.4) is 0 Å². The van der Waals surface area contributed by atoms with Crippen LogP contribution in [-0.4, -0.2) is 56.8 Å².